The number of ketones is 1. The molecule has 5 nitrogen and oxygen atoms in total. The van der Waals surface area contributed by atoms with E-state index in [-0.39, 0.29) is 11.4 Å². The Hall–Kier alpha value is -1.98. The Bertz CT molecular complexity index is 587. The molecule has 0 aliphatic carbocycles. The van der Waals surface area contributed by atoms with Gasteiger partial charge in [-0.1, -0.05) is 0 Å². The number of rotatable bonds is 3. The lowest BCUT2D eigenvalue weighted by molar-refractivity contribution is 0.0958. The van der Waals surface area contributed by atoms with Gasteiger partial charge in [0.2, 0.25) is 5.88 Å². The molecule has 96 valence electrons. The summed E-state index contributed by atoms with van der Waals surface area (Å²) in [6.07, 6.45) is 2.76. The molecule has 2 aromatic rings. The standard InChI is InChI=1S/C12H14FN3O2/c1-12(2,3)18-11-9-7(8(17)4-13)5-14-10(9)15-6-16-11/h5-6H,4H2,1-3H3,(H,14,15,16). The van der Waals surface area contributed by atoms with Crippen molar-refractivity contribution in [2.45, 2.75) is 26.4 Å². The SMILES string of the molecule is CC(C)(C)Oc1ncnc2[nH]cc(C(=O)CF)c12. The Morgan fingerprint density at radius 2 is 2.17 bits per heavy atom. The Kier molecular flexibility index (Phi) is 3.02. The summed E-state index contributed by atoms with van der Waals surface area (Å²) in [5.74, 6) is -0.333. The van der Waals surface area contributed by atoms with Gasteiger partial charge >= 0.3 is 0 Å². The Morgan fingerprint density at radius 3 is 2.78 bits per heavy atom. The summed E-state index contributed by atoms with van der Waals surface area (Å²) in [4.78, 5) is 22.3. The quantitative estimate of drug-likeness (QED) is 0.850. The van der Waals surface area contributed by atoms with Gasteiger partial charge in [0.25, 0.3) is 0 Å². The summed E-state index contributed by atoms with van der Waals surface area (Å²) in [6, 6.07) is 0. The average molecular weight is 251 g/mol. The van der Waals surface area contributed by atoms with Gasteiger partial charge in [0.1, 0.15) is 17.6 Å². The maximum atomic E-state index is 12.5. The van der Waals surface area contributed by atoms with Crippen LogP contribution in [0.4, 0.5) is 4.39 Å². The summed E-state index contributed by atoms with van der Waals surface area (Å²) >= 11 is 0. The van der Waals surface area contributed by atoms with Gasteiger partial charge in [0.15, 0.2) is 12.5 Å². The van der Waals surface area contributed by atoms with E-state index in [1.165, 1.54) is 12.5 Å². The predicted octanol–water partition coefficient (Wildman–Crippen LogP) is 2.29. The van der Waals surface area contributed by atoms with Gasteiger partial charge in [-0.15, -0.1) is 0 Å². The van der Waals surface area contributed by atoms with Crippen molar-refractivity contribution in [3.05, 3.63) is 18.1 Å². The fourth-order valence-electron chi connectivity index (χ4n) is 1.59. The fourth-order valence-corrected chi connectivity index (χ4v) is 1.59. The monoisotopic (exact) mass is 251 g/mol. The third kappa shape index (κ3) is 2.32. The molecule has 0 aromatic carbocycles. The molecule has 2 rings (SSSR count). The number of carbonyl (C=O) groups is 1. The molecule has 0 aliphatic rings. The van der Waals surface area contributed by atoms with Crippen molar-refractivity contribution in [3.8, 4) is 5.88 Å². The zero-order valence-electron chi connectivity index (χ0n) is 10.5. The molecule has 0 unspecified atom stereocenters. The number of nitrogens with one attached hydrogen (secondary N) is 1. The van der Waals surface area contributed by atoms with E-state index < -0.39 is 18.1 Å². The minimum absolute atomic E-state index is 0.215. The van der Waals surface area contributed by atoms with E-state index in [9.17, 15) is 9.18 Å². The molecule has 0 aliphatic heterocycles. The summed E-state index contributed by atoms with van der Waals surface area (Å²) in [5.41, 5.74) is 0.211. The maximum Gasteiger partial charge on any atom is 0.227 e. The van der Waals surface area contributed by atoms with E-state index in [2.05, 4.69) is 15.0 Å². The number of nitrogens with zero attached hydrogens (tertiary/aromatic N) is 2. The molecule has 0 saturated heterocycles. The fraction of sp³-hybridized carbons (Fsp3) is 0.417. The molecule has 0 amide bonds. The van der Waals surface area contributed by atoms with Crippen molar-refractivity contribution in [2.75, 3.05) is 6.67 Å². The highest BCUT2D eigenvalue weighted by Crippen LogP contribution is 2.28. The minimum atomic E-state index is -1.06. The van der Waals surface area contributed by atoms with E-state index in [0.29, 0.717) is 11.0 Å². The molecular formula is C12H14FN3O2. The molecular weight excluding hydrogens is 237 g/mol. The van der Waals surface area contributed by atoms with Crippen LogP contribution in [0.2, 0.25) is 0 Å². The molecule has 0 atom stereocenters. The number of ether oxygens (including phenoxy) is 1. The van der Waals surface area contributed by atoms with E-state index >= 15 is 0 Å². The van der Waals surface area contributed by atoms with E-state index in [0.717, 1.165) is 0 Å². The zero-order chi connectivity index (χ0) is 13.3. The molecule has 0 fully saturated rings. The highest BCUT2D eigenvalue weighted by atomic mass is 19.1. The van der Waals surface area contributed by atoms with Crippen molar-refractivity contribution < 1.29 is 13.9 Å². The third-order valence-electron chi connectivity index (χ3n) is 2.26. The number of H-pyrrole nitrogens is 1. The first-order chi connectivity index (χ1) is 8.42. The predicted molar refractivity (Wildman–Crippen MR) is 64.6 cm³/mol. The number of alkyl halides is 1. The van der Waals surface area contributed by atoms with Crippen LogP contribution in [0.3, 0.4) is 0 Å². The summed E-state index contributed by atoms with van der Waals surface area (Å²) < 4.78 is 18.2. The molecule has 0 saturated carbocycles. The summed E-state index contributed by atoms with van der Waals surface area (Å²) in [5, 5.41) is 0.426. The van der Waals surface area contributed by atoms with E-state index in [1.807, 2.05) is 20.8 Å². The smallest absolute Gasteiger partial charge is 0.227 e. The number of carbonyl (C=O) groups excluding carboxylic acids is 1. The number of aromatic nitrogens is 3. The average Bonchev–Trinajstić information content (AvgIpc) is 2.71. The van der Waals surface area contributed by atoms with Gasteiger partial charge in [0.05, 0.1) is 10.9 Å². The lowest BCUT2D eigenvalue weighted by atomic mass is 10.1. The first kappa shape index (κ1) is 12.5. The van der Waals surface area contributed by atoms with Crippen LogP contribution in [0.1, 0.15) is 31.1 Å². The second kappa shape index (κ2) is 4.36. The van der Waals surface area contributed by atoms with Crippen molar-refractivity contribution in [1.29, 1.82) is 0 Å². The number of aromatic amines is 1. The van der Waals surface area contributed by atoms with Crippen LogP contribution in [-0.2, 0) is 0 Å². The molecule has 0 bridgehead atoms. The van der Waals surface area contributed by atoms with Crippen molar-refractivity contribution >= 4 is 16.8 Å². The minimum Gasteiger partial charge on any atom is -0.471 e. The van der Waals surface area contributed by atoms with Crippen LogP contribution in [0, 0.1) is 0 Å². The van der Waals surface area contributed by atoms with Crippen molar-refractivity contribution in [1.82, 2.24) is 15.0 Å². The molecule has 6 heteroatoms. The third-order valence-corrected chi connectivity index (χ3v) is 2.26. The topological polar surface area (TPSA) is 67.9 Å². The molecule has 0 spiro atoms. The van der Waals surface area contributed by atoms with Gasteiger partial charge in [-0.3, -0.25) is 4.79 Å². The Balaban J connectivity index is 2.59. The van der Waals surface area contributed by atoms with Crippen LogP contribution in [0.15, 0.2) is 12.5 Å². The maximum absolute atomic E-state index is 12.5. The first-order valence-electron chi connectivity index (χ1n) is 5.52. The zero-order valence-corrected chi connectivity index (χ0v) is 10.5. The van der Waals surface area contributed by atoms with E-state index in [4.69, 9.17) is 4.74 Å². The molecule has 0 radical (unpaired) electrons. The molecule has 1 N–H and O–H groups in total. The number of hydrogen-bond donors (Lipinski definition) is 1. The largest absolute Gasteiger partial charge is 0.471 e. The van der Waals surface area contributed by atoms with Crippen molar-refractivity contribution in [3.63, 3.8) is 0 Å². The number of Topliss-reactive ketones (excluding diaryl/α,β-unsaturated/α-hetero) is 1. The van der Waals surface area contributed by atoms with Gasteiger partial charge in [-0.25, -0.2) is 14.4 Å². The summed E-state index contributed by atoms with van der Waals surface area (Å²) in [6.45, 7) is 4.54. The first-order valence-corrected chi connectivity index (χ1v) is 5.52. The number of halogens is 1. The van der Waals surface area contributed by atoms with Crippen LogP contribution in [0.5, 0.6) is 5.88 Å². The second-order valence-electron chi connectivity index (χ2n) is 4.88. The number of fused-ring (bicyclic) bond motifs is 1. The van der Waals surface area contributed by atoms with Gasteiger partial charge in [0, 0.05) is 6.20 Å². The van der Waals surface area contributed by atoms with Crippen LogP contribution in [-0.4, -0.2) is 33.0 Å². The lowest BCUT2D eigenvalue weighted by Crippen LogP contribution is -2.23. The summed E-state index contributed by atoms with van der Waals surface area (Å²) in [7, 11) is 0. The molecule has 2 heterocycles. The van der Waals surface area contributed by atoms with Crippen LogP contribution < -0.4 is 4.74 Å². The van der Waals surface area contributed by atoms with Gasteiger partial charge in [-0.2, -0.15) is 0 Å². The van der Waals surface area contributed by atoms with Gasteiger partial charge in [-0.05, 0) is 20.8 Å². The van der Waals surface area contributed by atoms with Crippen molar-refractivity contribution in [2.24, 2.45) is 0 Å². The van der Waals surface area contributed by atoms with E-state index in [1.54, 1.807) is 0 Å². The van der Waals surface area contributed by atoms with Crippen LogP contribution >= 0.6 is 0 Å². The molecule has 18 heavy (non-hydrogen) atoms. The molecule has 2 aromatic heterocycles. The lowest BCUT2D eigenvalue weighted by Gasteiger charge is -2.20. The Morgan fingerprint density at radius 1 is 1.44 bits per heavy atom. The van der Waals surface area contributed by atoms with Crippen LogP contribution in [0.25, 0.3) is 11.0 Å². The van der Waals surface area contributed by atoms with Gasteiger partial charge < -0.3 is 9.72 Å². The Labute approximate surface area is 103 Å². The number of hydrogen-bond acceptors (Lipinski definition) is 4. The highest BCUT2D eigenvalue weighted by molar-refractivity contribution is 6.09. The normalized spacial score (nSPS) is 11.8. The highest BCUT2D eigenvalue weighted by Gasteiger charge is 2.21. The second-order valence-corrected chi connectivity index (χ2v) is 4.88.